The van der Waals surface area contributed by atoms with E-state index in [-0.39, 0.29) is 5.25 Å². The lowest BCUT2D eigenvalue weighted by molar-refractivity contribution is 0.560. The summed E-state index contributed by atoms with van der Waals surface area (Å²) in [6.07, 6.45) is 15.6. The van der Waals surface area contributed by atoms with Gasteiger partial charge in [0.25, 0.3) is 0 Å². The van der Waals surface area contributed by atoms with E-state index < -0.39 is 11.6 Å². The number of unbranched alkanes of at least 4 members (excludes halogenated alkanes) is 7. The Morgan fingerprint density at radius 2 is 1.77 bits per heavy atom. The van der Waals surface area contributed by atoms with Crippen LogP contribution in [0.2, 0.25) is 0 Å². The largest absolute Gasteiger partial charge is 0.336 e. The molecule has 2 aromatic rings. The number of hydrogen-bond donors (Lipinski definition) is 0. The number of hydrogen-bond acceptors (Lipinski definition) is 2. The first-order valence-corrected chi connectivity index (χ1v) is 10.8. The highest BCUT2D eigenvalue weighted by molar-refractivity contribution is 7.99. The number of thioether (sulfide) groups is 1. The van der Waals surface area contributed by atoms with Gasteiger partial charge in [-0.3, -0.25) is 0 Å². The van der Waals surface area contributed by atoms with Crippen LogP contribution >= 0.6 is 11.8 Å². The number of nitrogens with zero attached hydrogens (tertiary/aromatic N) is 2. The first kappa shape index (κ1) is 20.9. The lowest BCUT2D eigenvalue weighted by atomic mass is 10.1. The molecule has 2 rings (SSSR count). The maximum atomic E-state index is 14.2. The van der Waals surface area contributed by atoms with E-state index in [0.717, 1.165) is 18.2 Å². The average molecular weight is 381 g/mol. The Balaban J connectivity index is 1.79. The molecule has 144 valence electrons. The van der Waals surface area contributed by atoms with Crippen LogP contribution in [0.3, 0.4) is 0 Å². The zero-order valence-electron chi connectivity index (χ0n) is 15.7. The van der Waals surface area contributed by atoms with Crippen LogP contribution < -0.4 is 0 Å². The van der Waals surface area contributed by atoms with Crippen molar-refractivity contribution in [3.05, 3.63) is 54.1 Å². The molecule has 1 aromatic carbocycles. The lowest BCUT2D eigenvalue weighted by Crippen LogP contribution is -2.08. The Morgan fingerprint density at radius 1 is 1.04 bits per heavy atom. The molecule has 1 unspecified atom stereocenters. The van der Waals surface area contributed by atoms with Crippen molar-refractivity contribution in [2.75, 3.05) is 5.75 Å². The van der Waals surface area contributed by atoms with Crippen LogP contribution in [0.25, 0.3) is 0 Å². The number of imidazole rings is 1. The molecule has 0 N–H and O–H groups in total. The summed E-state index contributed by atoms with van der Waals surface area (Å²) in [7, 11) is 0. The van der Waals surface area contributed by atoms with Crippen molar-refractivity contribution in [2.24, 2.45) is 0 Å². The molecule has 0 saturated carbocycles. The lowest BCUT2D eigenvalue weighted by Gasteiger charge is -2.18. The van der Waals surface area contributed by atoms with Crippen LogP contribution in [0.15, 0.2) is 36.9 Å². The minimum atomic E-state index is -0.527. The number of aromatic nitrogens is 2. The molecule has 1 atom stereocenters. The van der Waals surface area contributed by atoms with Gasteiger partial charge in [0.15, 0.2) is 0 Å². The van der Waals surface area contributed by atoms with Crippen LogP contribution in [0.1, 0.15) is 69.1 Å². The SMILES string of the molecule is CCCCCCCCCCSC(Cn1ccnc1)c1ccc(F)cc1F. The Morgan fingerprint density at radius 3 is 2.42 bits per heavy atom. The van der Waals surface area contributed by atoms with Crippen molar-refractivity contribution in [1.29, 1.82) is 0 Å². The molecule has 5 heteroatoms. The molecule has 0 amide bonds. The molecule has 0 spiro atoms. The molecular formula is C21H30F2N2S. The monoisotopic (exact) mass is 380 g/mol. The number of benzene rings is 1. The third-order valence-corrected chi connectivity index (χ3v) is 5.89. The third kappa shape index (κ3) is 7.48. The van der Waals surface area contributed by atoms with Crippen LogP contribution in [0, 0.1) is 11.6 Å². The second kappa shape index (κ2) is 12.1. The van der Waals surface area contributed by atoms with Gasteiger partial charge in [0.05, 0.1) is 11.6 Å². The second-order valence-electron chi connectivity index (χ2n) is 6.76. The Kier molecular flexibility index (Phi) is 9.75. The molecule has 0 aliphatic rings. The van der Waals surface area contributed by atoms with Gasteiger partial charge in [-0.05, 0) is 18.2 Å². The van der Waals surface area contributed by atoms with Gasteiger partial charge in [0, 0.05) is 30.6 Å². The predicted molar refractivity (Wildman–Crippen MR) is 106 cm³/mol. The highest BCUT2D eigenvalue weighted by Gasteiger charge is 2.17. The van der Waals surface area contributed by atoms with Gasteiger partial charge >= 0.3 is 0 Å². The van der Waals surface area contributed by atoms with Gasteiger partial charge in [-0.1, -0.05) is 57.9 Å². The summed E-state index contributed by atoms with van der Waals surface area (Å²) in [6, 6.07) is 3.90. The summed E-state index contributed by atoms with van der Waals surface area (Å²) in [5, 5.41) is -0.0330. The van der Waals surface area contributed by atoms with E-state index in [0.29, 0.717) is 12.1 Å². The van der Waals surface area contributed by atoms with Crippen molar-refractivity contribution < 1.29 is 8.78 Å². The summed E-state index contributed by atoms with van der Waals surface area (Å²) in [5.41, 5.74) is 0.574. The van der Waals surface area contributed by atoms with E-state index in [9.17, 15) is 8.78 Å². The van der Waals surface area contributed by atoms with Crippen molar-refractivity contribution in [1.82, 2.24) is 9.55 Å². The van der Waals surface area contributed by atoms with Crippen molar-refractivity contribution in [3.63, 3.8) is 0 Å². The van der Waals surface area contributed by atoms with Gasteiger partial charge in [0.1, 0.15) is 11.6 Å². The molecule has 26 heavy (non-hydrogen) atoms. The highest BCUT2D eigenvalue weighted by Crippen LogP contribution is 2.33. The van der Waals surface area contributed by atoms with E-state index in [4.69, 9.17) is 0 Å². The van der Waals surface area contributed by atoms with Crippen LogP contribution in [0.4, 0.5) is 8.78 Å². The average Bonchev–Trinajstić information content (AvgIpc) is 3.12. The van der Waals surface area contributed by atoms with Gasteiger partial charge in [0.2, 0.25) is 0 Å². The van der Waals surface area contributed by atoms with E-state index in [1.807, 2.05) is 10.8 Å². The van der Waals surface area contributed by atoms with Crippen LogP contribution in [0.5, 0.6) is 0 Å². The molecule has 0 saturated heterocycles. The fourth-order valence-corrected chi connectivity index (χ4v) is 4.35. The molecule has 0 aliphatic heterocycles. The van der Waals surface area contributed by atoms with Crippen LogP contribution in [-0.2, 0) is 6.54 Å². The Bertz CT molecular complexity index is 616. The highest BCUT2D eigenvalue weighted by atomic mass is 32.2. The first-order chi connectivity index (χ1) is 12.7. The van der Waals surface area contributed by atoms with Gasteiger partial charge in [-0.25, -0.2) is 13.8 Å². The molecule has 0 bridgehead atoms. The zero-order valence-corrected chi connectivity index (χ0v) is 16.5. The molecule has 1 heterocycles. The molecule has 1 aromatic heterocycles. The number of rotatable bonds is 13. The molecule has 0 fully saturated rings. The maximum absolute atomic E-state index is 14.2. The van der Waals surface area contributed by atoms with E-state index >= 15 is 0 Å². The molecular weight excluding hydrogens is 350 g/mol. The molecule has 0 aliphatic carbocycles. The maximum Gasteiger partial charge on any atom is 0.130 e. The number of halogens is 2. The van der Waals surface area contributed by atoms with E-state index in [2.05, 4.69) is 11.9 Å². The predicted octanol–water partition coefficient (Wildman–Crippen LogP) is 6.78. The molecule has 2 nitrogen and oxygen atoms in total. The van der Waals surface area contributed by atoms with E-state index in [1.165, 1.54) is 51.0 Å². The van der Waals surface area contributed by atoms with Gasteiger partial charge < -0.3 is 4.57 Å². The van der Waals surface area contributed by atoms with Gasteiger partial charge in [-0.2, -0.15) is 11.8 Å². The zero-order chi connectivity index (χ0) is 18.6. The summed E-state index contributed by atoms with van der Waals surface area (Å²) in [4.78, 5) is 4.06. The minimum absolute atomic E-state index is 0.0330. The first-order valence-electron chi connectivity index (χ1n) is 9.73. The Hall–Kier alpha value is -1.36. The summed E-state index contributed by atoms with van der Waals surface area (Å²) >= 11 is 1.75. The summed E-state index contributed by atoms with van der Waals surface area (Å²) < 4.78 is 29.4. The third-order valence-electron chi connectivity index (χ3n) is 4.56. The van der Waals surface area contributed by atoms with Crippen molar-refractivity contribution in [3.8, 4) is 0 Å². The fraction of sp³-hybridized carbons (Fsp3) is 0.571. The quantitative estimate of drug-likeness (QED) is 0.357. The summed E-state index contributed by atoms with van der Waals surface area (Å²) in [5.74, 6) is 0.00440. The Labute approximate surface area is 160 Å². The van der Waals surface area contributed by atoms with Crippen LogP contribution in [-0.4, -0.2) is 15.3 Å². The van der Waals surface area contributed by atoms with Crippen molar-refractivity contribution >= 4 is 11.8 Å². The smallest absolute Gasteiger partial charge is 0.130 e. The molecule has 0 radical (unpaired) electrons. The van der Waals surface area contributed by atoms with Gasteiger partial charge in [-0.15, -0.1) is 0 Å². The second-order valence-corrected chi connectivity index (χ2v) is 8.07. The van der Waals surface area contributed by atoms with E-state index in [1.54, 1.807) is 30.4 Å². The standard InChI is InChI=1S/C21H30F2N2S/c1-2-3-4-5-6-7-8-9-14-26-21(16-25-13-12-24-17-25)19-11-10-18(22)15-20(19)23/h10-13,15,17,21H,2-9,14,16H2,1H3. The topological polar surface area (TPSA) is 17.8 Å². The normalized spacial score (nSPS) is 12.4. The summed E-state index contributed by atoms with van der Waals surface area (Å²) in [6.45, 7) is 2.88. The minimum Gasteiger partial charge on any atom is -0.336 e. The van der Waals surface area contributed by atoms with Crippen molar-refractivity contribution in [2.45, 2.75) is 70.1 Å². The fourth-order valence-electron chi connectivity index (χ4n) is 3.05.